The number of benzene rings is 1. The van der Waals surface area contributed by atoms with E-state index in [1.807, 2.05) is 31.2 Å². The Bertz CT molecular complexity index is 488. The van der Waals surface area contributed by atoms with E-state index in [0.717, 1.165) is 12.0 Å². The van der Waals surface area contributed by atoms with Gasteiger partial charge in [0.25, 0.3) is 0 Å². The number of aryl methyl sites for hydroxylation is 1. The van der Waals surface area contributed by atoms with Crippen LogP contribution in [0.2, 0.25) is 0 Å². The van der Waals surface area contributed by atoms with Gasteiger partial charge in [-0.25, -0.2) is 4.79 Å². The molecule has 0 fully saturated rings. The van der Waals surface area contributed by atoms with Crippen molar-refractivity contribution in [3.63, 3.8) is 0 Å². The highest BCUT2D eigenvalue weighted by molar-refractivity contribution is 5.76. The molecular weight excluding hydrogens is 268 g/mol. The van der Waals surface area contributed by atoms with Crippen LogP contribution in [0.3, 0.4) is 0 Å². The van der Waals surface area contributed by atoms with E-state index in [1.54, 1.807) is 11.8 Å². The molecule has 2 amide bonds. The van der Waals surface area contributed by atoms with Crippen LogP contribution in [0, 0.1) is 0 Å². The predicted molar refractivity (Wildman–Crippen MR) is 82.2 cm³/mol. The predicted octanol–water partition coefficient (Wildman–Crippen LogP) is 2.64. The number of carbonyl (C=O) groups is 2. The van der Waals surface area contributed by atoms with Crippen molar-refractivity contribution in [3.05, 3.63) is 35.4 Å². The Balaban J connectivity index is 2.64. The zero-order valence-electron chi connectivity index (χ0n) is 12.9. The van der Waals surface area contributed by atoms with Crippen LogP contribution in [0.1, 0.15) is 38.3 Å². The standard InChI is InChI=1S/C16H24N2O3/c1-4-13-8-6-7-9-14(13)11-17-16(21)18(5-2)12(3)10-15(19)20/h6-9,12H,4-5,10-11H2,1-3H3,(H,17,21)(H,19,20). The molecule has 0 spiro atoms. The molecule has 0 saturated carbocycles. The second-order valence-electron chi connectivity index (χ2n) is 5.01. The summed E-state index contributed by atoms with van der Waals surface area (Å²) in [6.45, 7) is 6.61. The van der Waals surface area contributed by atoms with Crippen LogP contribution in [0.25, 0.3) is 0 Å². The summed E-state index contributed by atoms with van der Waals surface area (Å²) in [6, 6.07) is 7.43. The Morgan fingerprint density at radius 3 is 2.38 bits per heavy atom. The first-order chi connectivity index (χ1) is 9.99. The Kier molecular flexibility index (Phi) is 6.72. The lowest BCUT2D eigenvalue weighted by Gasteiger charge is -2.27. The van der Waals surface area contributed by atoms with Gasteiger partial charge in [0.05, 0.1) is 6.42 Å². The maximum absolute atomic E-state index is 12.2. The molecule has 5 nitrogen and oxygen atoms in total. The SMILES string of the molecule is CCc1ccccc1CNC(=O)N(CC)C(C)CC(=O)O. The molecular formula is C16H24N2O3. The molecule has 0 aliphatic heterocycles. The van der Waals surface area contributed by atoms with Crippen molar-refractivity contribution in [2.45, 2.75) is 46.2 Å². The maximum Gasteiger partial charge on any atom is 0.317 e. The minimum Gasteiger partial charge on any atom is -0.481 e. The summed E-state index contributed by atoms with van der Waals surface area (Å²) in [7, 11) is 0. The van der Waals surface area contributed by atoms with Gasteiger partial charge in [-0.1, -0.05) is 31.2 Å². The molecule has 0 aliphatic carbocycles. The summed E-state index contributed by atoms with van der Waals surface area (Å²) in [5, 5.41) is 11.7. The number of carbonyl (C=O) groups excluding carboxylic acids is 1. The summed E-state index contributed by atoms with van der Waals surface area (Å²) in [5.74, 6) is -0.898. The average Bonchev–Trinajstić information content (AvgIpc) is 2.45. The highest BCUT2D eigenvalue weighted by atomic mass is 16.4. The van der Waals surface area contributed by atoms with Crippen molar-refractivity contribution >= 4 is 12.0 Å². The number of aliphatic carboxylic acids is 1. The van der Waals surface area contributed by atoms with E-state index in [0.29, 0.717) is 13.1 Å². The number of urea groups is 1. The second kappa shape index (κ2) is 8.29. The molecule has 1 aromatic rings. The third kappa shape index (κ3) is 5.10. The number of carboxylic acid groups (broad SMARTS) is 1. The molecule has 21 heavy (non-hydrogen) atoms. The van der Waals surface area contributed by atoms with Gasteiger partial charge in [-0.3, -0.25) is 4.79 Å². The van der Waals surface area contributed by atoms with Gasteiger partial charge in [-0.05, 0) is 31.4 Å². The average molecular weight is 292 g/mol. The number of nitrogens with one attached hydrogen (secondary N) is 1. The number of amides is 2. The lowest BCUT2D eigenvalue weighted by Crippen LogP contribution is -2.45. The van der Waals surface area contributed by atoms with Gasteiger partial charge in [-0.15, -0.1) is 0 Å². The molecule has 1 unspecified atom stereocenters. The molecule has 1 aromatic carbocycles. The topological polar surface area (TPSA) is 69.6 Å². The fourth-order valence-corrected chi connectivity index (χ4v) is 2.37. The van der Waals surface area contributed by atoms with Crippen molar-refractivity contribution in [1.29, 1.82) is 0 Å². The van der Waals surface area contributed by atoms with Gasteiger partial charge in [0.15, 0.2) is 0 Å². The van der Waals surface area contributed by atoms with Crippen molar-refractivity contribution in [2.75, 3.05) is 6.54 Å². The summed E-state index contributed by atoms with van der Waals surface area (Å²) in [4.78, 5) is 24.5. The van der Waals surface area contributed by atoms with Crippen LogP contribution < -0.4 is 5.32 Å². The third-order valence-electron chi connectivity index (χ3n) is 3.53. The van der Waals surface area contributed by atoms with Gasteiger partial charge in [0, 0.05) is 19.1 Å². The zero-order valence-corrected chi connectivity index (χ0v) is 12.9. The first kappa shape index (κ1) is 17.0. The Morgan fingerprint density at radius 1 is 1.24 bits per heavy atom. The minimum atomic E-state index is -0.898. The summed E-state index contributed by atoms with van der Waals surface area (Å²) < 4.78 is 0. The van der Waals surface area contributed by atoms with E-state index in [9.17, 15) is 9.59 Å². The van der Waals surface area contributed by atoms with E-state index >= 15 is 0 Å². The molecule has 0 aliphatic rings. The number of hydrogen-bond acceptors (Lipinski definition) is 2. The molecule has 116 valence electrons. The van der Waals surface area contributed by atoms with Gasteiger partial charge >= 0.3 is 12.0 Å². The quantitative estimate of drug-likeness (QED) is 0.811. The minimum absolute atomic E-state index is 0.0488. The van der Waals surface area contributed by atoms with E-state index in [2.05, 4.69) is 12.2 Å². The van der Waals surface area contributed by atoms with Crippen LogP contribution in [0.4, 0.5) is 4.79 Å². The van der Waals surface area contributed by atoms with Crippen molar-refractivity contribution in [1.82, 2.24) is 10.2 Å². The van der Waals surface area contributed by atoms with Crippen molar-refractivity contribution in [2.24, 2.45) is 0 Å². The van der Waals surface area contributed by atoms with Crippen LogP contribution in [0.15, 0.2) is 24.3 Å². The summed E-state index contributed by atoms with van der Waals surface area (Å²) >= 11 is 0. The van der Waals surface area contributed by atoms with E-state index in [4.69, 9.17) is 5.11 Å². The van der Waals surface area contributed by atoms with Gasteiger partial charge in [0.1, 0.15) is 0 Å². The Morgan fingerprint density at radius 2 is 1.86 bits per heavy atom. The zero-order chi connectivity index (χ0) is 15.8. The van der Waals surface area contributed by atoms with Crippen molar-refractivity contribution < 1.29 is 14.7 Å². The lowest BCUT2D eigenvalue weighted by molar-refractivity contribution is -0.138. The molecule has 0 radical (unpaired) electrons. The number of nitrogens with zero attached hydrogens (tertiary/aromatic N) is 1. The molecule has 2 N–H and O–H groups in total. The summed E-state index contributed by atoms with van der Waals surface area (Å²) in [6.07, 6.45) is 0.867. The van der Waals surface area contributed by atoms with Gasteiger partial charge in [-0.2, -0.15) is 0 Å². The van der Waals surface area contributed by atoms with E-state index in [-0.39, 0.29) is 18.5 Å². The summed E-state index contributed by atoms with van der Waals surface area (Å²) in [5.41, 5.74) is 2.30. The molecule has 0 heterocycles. The first-order valence-electron chi connectivity index (χ1n) is 7.32. The maximum atomic E-state index is 12.2. The van der Waals surface area contributed by atoms with Gasteiger partial charge in [0.2, 0.25) is 0 Å². The first-order valence-corrected chi connectivity index (χ1v) is 7.32. The molecule has 1 atom stereocenters. The molecule has 1 rings (SSSR count). The fourth-order valence-electron chi connectivity index (χ4n) is 2.37. The molecule has 0 saturated heterocycles. The highest BCUT2D eigenvalue weighted by Crippen LogP contribution is 2.10. The van der Waals surface area contributed by atoms with Crippen LogP contribution in [-0.4, -0.2) is 34.6 Å². The third-order valence-corrected chi connectivity index (χ3v) is 3.53. The fraction of sp³-hybridized carbons (Fsp3) is 0.500. The molecule has 0 bridgehead atoms. The monoisotopic (exact) mass is 292 g/mol. The van der Waals surface area contributed by atoms with Crippen molar-refractivity contribution in [3.8, 4) is 0 Å². The number of rotatable bonds is 7. The Labute approximate surface area is 126 Å². The second-order valence-corrected chi connectivity index (χ2v) is 5.01. The largest absolute Gasteiger partial charge is 0.481 e. The smallest absolute Gasteiger partial charge is 0.317 e. The normalized spacial score (nSPS) is 11.8. The highest BCUT2D eigenvalue weighted by Gasteiger charge is 2.20. The number of hydrogen-bond donors (Lipinski definition) is 2. The number of carboxylic acids is 1. The van der Waals surface area contributed by atoms with Crippen LogP contribution in [-0.2, 0) is 17.8 Å². The van der Waals surface area contributed by atoms with E-state index < -0.39 is 5.97 Å². The molecule has 5 heteroatoms. The van der Waals surface area contributed by atoms with Crippen LogP contribution >= 0.6 is 0 Å². The lowest BCUT2D eigenvalue weighted by atomic mass is 10.1. The van der Waals surface area contributed by atoms with E-state index in [1.165, 1.54) is 5.56 Å². The Hall–Kier alpha value is -2.04. The molecule has 0 aromatic heterocycles. The van der Waals surface area contributed by atoms with Gasteiger partial charge < -0.3 is 15.3 Å². The van der Waals surface area contributed by atoms with Crippen LogP contribution in [0.5, 0.6) is 0 Å².